The summed E-state index contributed by atoms with van der Waals surface area (Å²) in [6, 6.07) is 8.71. The van der Waals surface area contributed by atoms with Crippen LogP contribution >= 0.6 is 0 Å². The molecule has 0 atom stereocenters. The second kappa shape index (κ2) is 9.88. The van der Waals surface area contributed by atoms with Crippen molar-refractivity contribution in [3.05, 3.63) is 54.4 Å². The van der Waals surface area contributed by atoms with Gasteiger partial charge in [-0.15, -0.1) is 0 Å². The fourth-order valence-electron chi connectivity index (χ4n) is 4.19. The summed E-state index contributed by atoms with van der Waals surface area (Å²) in [5.74, 6) is -0.227. The predicted molar refractivity (Wildman–Crippen MR) is 123 cm³/mol. The lowest BCUT2D eigenvalue weighted by Gasteiger charge is -2.31. The highest BCUT2D eigenvalue weighted by Gasteiger charge is 2.31. The van der Waals surface area contributed by atoms with Gasteiger partial charge in [0.2, 0.25) is 20.0 Å². The number of hydrogen-bond acceptors (Lipinski definition) is 6. The Morgan fingerprint density at radius 2 is 1.36 bits per heavy atom. The maximum atomic E-state index is 13.1. The minimum Gasteiger partial charge on any atom is -0.349 e. The van der Waals surface area contributed by atoms with Crippen molar-refractivity contribution in [1.82, 2.24) is 18.9 Å². The lowest BCUT2D eigenvalue weighted by molar-refractivity contribution is 0.0923. The fraction of sp³-hybridized carbons (Fsp3) is 0.455. The SMILES string of the molecule is O=C(NC1CCN(S(=O)(=O)c2ccc(S(=O)(=O)N3CCCCC3)cc2)CC1)c1cccnc1. The molecule has 0 saturated carbocycles. The highest BCUT2D eigenvalue weighted by atomic mass is 32.2. The van der Waals surface area contributed by atoms with Crippen LogP contribution in [0.15, 0.2) is 58.6 Å². The van der Waals surface area contributed by atoms with Crippen LogP contribution in [0.4, 0.5) is 0 Å². The number of pyridine rings is 1. The highest BCUT2D eigenvalue weighted by Crippen LogP contribution is 2.25. The third-order valence-corrected chi connectivity index (χ3v) is 9.95. The second-order valence-corrected chi connectivity index (χ2v) is 12.2. The molecule has 2 fully saturated rings. The number of amides is 1. The molecule has 11 heteroatoms. The molecular formula is C22H28N4O5S2. The Kier molecular flexibility index (Phi) is 7.13. The molecule has 2 saturated heterocycles. The Hall–Kier alpha value is -2.34. The van der Waals surface area contributed by atoms with E-state index in [0.717, 1.165) is 19.3 Å². The van der Waals surface area contributed by atoms with Crippen molar-refractivity contribution in [2.75, 3.05) is 26.2 Å². The molecule has 0 bridgehead atoms. The van der Waals surface area contributed by atoms with Crippen molar-refractivity contribution in [2.24, 2.45) is 0 Å². The molecule has 3 heterocycles. The molecule has 4 rings (SSSR count). The van der Waals surface area contributed by atoms with E-state index < -0.39 is 20.0 Å². The first-order valence-corrected chi connectivity index (χ1v) is 14.0. The molecule has 1 N–H and O–H groups in total. The van der Waals surface area contributed by atoms with Crippen molar-refractivity contribution in [1.29, 1.82) is 0 Å². The fourth-order valence-corrected chi connectivity index (χ4v) is 7.18. The van der Waals surface area contributed by atoms with Crippen molar-refractivity contribution >= 4 is 26.0 Å². The molecule has 0 aliphatic carbocycles. The number of aromatic nitrogens is 1. The molecule has 2 aliphatic rings. The Bertz CT molecular complexity index is 1170. The van der Waals surface area contributed by atoms with Crippen LogP contribution in [-0.2, 0) is 20.0 Å². The van der Waals surface area contributed by atoms with Crippen molar-refractivity contribution in [3.8, 4) is 0 Å². The average molecular weight is 493 g/mol. The van der Waals surface area contributed by atoms with Gasteiger partial charge in [0.25, 0.3) is 5.91 Å². The van der Waals surface area contributed by atoms with Crippen LogP contribution in [-0.4, -0.2) is 68.6 Å². The molecule has 0 unspecified atom stereocenters. The largest absolute Gasteiger partial charge is 0.349 e. The number of sulfonamides is 2. The van der Waals surface area contributed by atoms with Gasteiger partial charge in [0, 0.05) is 44.6 Å². The molecule has 2 aliphatic heterocycles. The van der Waals surface area contributed by atoms with E-state index in [9.17, 15) is 21.6 Å². The van der Waals surface area contributed by atoms with E-state index in [4.69, 9.17) is 0 Å². The molecule has 178 valence electrons. The minimum absolute atomic E-state index is 0.0675. The van der Waals surface area contributed by atoms with E-state index >= 15 is 0 Å². The van der Waals surface area contributed by atoms with Gasteiger partial charge in [0.15, 0.2) is 0 Å². The maximum absolute atomic E-state index is 13.1. The van der Waals surface area contributed by atoms with Crippen LogP contribution in [0.5, 0.6) is 0 Å². The molecule has 2 aromatic rings. The van der Waals surface area contributed by atoms with Crippen LogP contribution in [0.2, 0.25) is 0 Å². The van der Waals surface area contributed by atoms with Crippen LogP contribution < -0.4 is 5.32 Å². The highest BCUT2D eigenvalue weighted by molar-refractivity contribution is 7.89. The summed E-state index contributed by atoms with van der Waals surface area (Å²) in [6.07, 6.45) is 6.76. The predicted octanol–water partition coefficient (Wildman–Crippen LogP) is 1.84. The molecule has 33 heavy (non-hydrogen) atoms. The van der Waals surface area contributed by atoms with Gasteiger partial charge in [-0.05, 0) is 62.1 Å². The molecule has 0 radical (unpaired) electrons. The number of piperidine rings is 2. The number of hydrogen-bond donors (Lipinski definition) is 1. The Morgan fingerprint density at radius 1 is 0.818 bits per heavy atom. The zero-order valence-electron chi connectivity index (χ0n) is 18.3. The normalized spacial score (nSPS) is 19.3. The molecule has 1 aromatic heterocycles. The number of rotatable bonds is 6. The Labute approximate surface area is 194 Å². The van der Waals surface area contributed by atoms with E-state index in [0.29, 0.717) is 31.5 Å². The third-order valence-electron chi connectivity index (χ3n) is 6.13. The van der Waals surface area contributed by atoms with Crippen LogP contribution in [0.1, 0.15) is 42.5 Å². The van der Waals surface area contributed by atoms with Gasteiger partial charge in [-0.1, -0.05) is 6.42 Å². The summed E-state index contributed by atoms with van der Waals surface area (Å²) in [5.41, 5.74) is 0.465. The summed E-state index contributed by atoms with van der Waals surface area (Å²) in [6.45, 7) is 1.53. The van der Waals surface area contributed by atoms with Gasteiger partial charge in [-0.2, -0.15) is 8.61 Å². The van der Waals surface area contributed by atoms with E-state index in [2.05, 4.69) is 10.3 Å². The lowest BCUT2D eigenvalue weighted by atomic mass is 10.1. The van der Waals surface area contributed by atoms with Gasteiger partial charge < -0.3 is 5.32 Å². The number of carbonyl (C=O) groups is 1. The molecular weight excluding hydrogens is 464 g/mol. The summed E-state index contributed by atoms with van der Waals surface area (Å²) in [5, 5.41) is 2.93. The standard InChI is InChI=1S/C22H28N4O5S2/c27-22(18-5-4-12-23-17-18)24-19-10-15-26(16-11-19)33(30,31)21-8-6-20(7-9-21)32(28,29)25-13-2-1-3-14-25/h4-9,12,17,19H,1-3,10-11,13-16H2,(H,24,27). The third kappa shape index (κ3) is 5.26. The van der Waals surface area contributed by atoms with Crippen molar-refractivity contribution in [2.45, 2.75) is 47.9 Å². The first-order chi connectivity index (χ1) is 15.8. The van der Waals surface area contributed by atoms with Crippen LogP contribution in [0, 0.1) is 0 Å². The van der Waals surface area contributed by atoms with E-state index in [1.807, 2.05) is 0 Å². The Balaban J connectivity index is 1.38. The van der Waals surface area contributed by atoms with Gasteiger partial charge in [0.1, 0.15) is 0 Å². The van der Waals surface area contributed by atoms with E-state index in [1.165, 1.54) is 39.1 Å². The topological polar surface area (TPSA) is 117 Å². The first kappa shape index (κ1) is 23.8. The summed E-state index contributed by atoms with van der Waals surface area (Å²) in [4.78, 5) is 16.4. The zero-order valence-corrected chi connectivity index (χ0v) is 19.9. The number of benzene rings is 1. The maximum Gasteiger partial charge on any atom is 0.253 e. The van der Waals surface area contributed by atoms with E-state index in [-0.39, 0.29) is 34.8 Å². The number of nitrogens with one attached hydrogen (secondary N) is 1. The van der Waals surface area contributed by atoms with Gasteiger partial charge in [-0.25, -0.2) is 16.8 Å². The molecule has 1 aromatic carbocycles. The van der Waals surface area contributed by atoms with Crippen LogP contribution in [0.25, 0.3) is 0 Å². The summed E-state index contributed by atoms with van der Waals surface area (Å²) >= 11 is 0. The first-order valence-electron chi connectivity index (χ1n) is 11.1. The lowest BCUT2D eigenvalue weighted by Crippen LogP contribution is -2.46. The average Bonchev–Trinajstić information content (AvgIpc) is 2.85. The monoisotopic (exact) mass is 492 g/mol. The summed E-state index contributed by atoms with van der Waals surface area (Å²) in [7, 11) is -7.36. The van der Waals surface area contributed by atoms with Crippen LogP contribution in [0.3, 0.4) is 0 Å². The Morgan fingerprint density at radius 3 is 1.88 bits per heavy atom. The zero-order chi connectivity index (χ0) is 23.5. The van der Waals surface area contributed by atoms with Crippen molar-refractivity contribution in [3.63, 3.8) is 0 Å². The smallest absolute Gasteiger partial charge is 0.253 e. The number of carbonyl (C=O) groups excluding carboxylic acids is 1. The van der Waals surface area contributed by atoms with Gasteiger partial charge in [0.05, 0.1) is 15.4 Å². The molecule has 0 spiro atoms. The quantitative estimate of drug-likeness (QED) is 0.658. The minimum atomic E-state index is -3.75. The van der Waals surface area contributed by atoms with E-state index in [1.54, 1.807) is 18.3 Å². The molecule has 9 nitrogen and oxygen atoms in total. The second-order valence-electron chi connectivity index (χ2n) is 8.33. The summed E-state index contributed by atoms with van der Waals surface area (Å²) < 4.78 is 54.6. The number of nitrogens with zero attached hydrogens (tertiary/aromatic N) is 3. The van der Waals surface area contributed by atoms with Gasteiger partial charge in [-0.3, -0.25) is 9.78 Å². The van der Waals surface area contributed by atoms with Crippen molar-refractivity contribution < 1.29 is 21.6 Å². The molecule has 1 amide bonds. The van der Waals surface area contributed by atoms with Gasteiger partial charge >= 0.3 is 0 Å².